The Kier molecular flexibility index (Phi) is 4.43. The number of benzene rings is 1. The molecule has 4 nitrogen and oxygen atoms in total. The lowest BCUT2D eigenvalue weighted by molar-refractivity contribution is -0.115. The van der Waals surface area contributed by atoms with E-state index in [0.29, 0.717) is 11.5 Å². The van der Waals surface area contributed by atoms with Gasteiger partial charge in [0.05, 0.1) is 10.9 Å². The van der Waals surface area contributed by atoms with Crippen molar-refractivity contribution in [2.45, 2.75) is 55.7 Å². The number of carbonyl (C=O) groups is 2. The van der Waals surface area contributed by atoms with Crippen molar-refractivity contribution in [2.24, 2.45) is 5.92 Å². The molecule has 2 amide bonds. The number of hydrogen-bond donors (Lipinski definition) is 2. The molecule has 1 aromatic rings. The predicted octanol–water partition coefficient (Wildman–Crippen LogP) is 3.43. The van der Waals surface area contributed by atoms with Gasteiger partial charge in [-0.1, -0.05) is 19.8 Å². The van der Waals surface area contributed by atoms with E-state index in [0.717, 1.165) is 23.4 Å². The Bertz CT molecular complexity index is 602. The van der Waals surface area contributed by atoms with Gasteiger partial charge in [0.25, 0.3) is 5.91 Å². The molecule has 0 radical (unpaired) electrons. The third kappa shape index (κ3) is 3.29. The maximum atomic E-state index is 12.4. The summed E-state index contributed by atoms with van der Waals surface area (Å²) in [6.07, 6.45) is 4.56. The molecule has 1 aliphatic carbocycles. The van der Waals surface area contributed by atoms with Crippen LogP contribution in [0.2, 0.25) is 0 Å². The fourth-order valence-electron chi connectivity index (χ4n) is 3.18. The van der Waals surface area contributed by atoms with Gasteiger partial charge in [-0.2, -0.15) is 0 Å². The summed E-state index contributed by atoms with van der Waals surface area (Å²) in [4.78, 5) is 25.2. The Hall–Kier alpha value is -1.49. The number of hydrogen-bond acceptors (Lipinski definition) is 3. The van der Waals surface area contributed by atoms with E-state index in [2.05, 4.69) is 17.6 Å². The minimum absolute atomic E-state index is 0.00355. The molecule has 1 saturated carbocycles. The third-order valence-electron chi connectivity index (χ3n) is 4.44. The van der Waals surface area contributed by atoms with Gasteiger partial charge in [-0.3, -0.25) is 9.59 Å². The monoisotopic (exact) mass is 318 g/mol. The molecule has 0 saturated heterocycles. The van der Waals surface area contributed by atoms with E-state index in [1.54, 1.807) is 6.07 Å². The van der Waals surface area contributed by atoms with Crippen molar-refractivity contribution in [1.82, 2.24) is 5.32 Å². The zero-order valence-corrected chi connectivity index (χ0v) is 13.8. The van der Waals surface area contributed by atoms with Crippen LogP contribution in [-0.2, 0) is 4.79 Å². The molecule has 118 valence electrons. The summed E-state index contributed by atoms with van der Waals surface area (Å²) in [6.45, 7) is 4.12. The number of anilines is 1. The van der Waals surface area contributed by atoms with E-state index in [4.69, 9.17) is 0 Å². The highest BCUT2D eigenvalue weighted by molar-refractivity contribution is 8.00. The van der Waals surface area contributed by atoms with Gasteiger partial charge in [0.2, 0.25) is 5.91 Å². The lowest BCUT2D eigenvalue weighted by atomic mass is 9.87. The number of amides is 2. The Morgan fingerprint density at radius 2 is 2.14 bits per heavy atom. The van der Waals surface area contributed by atoms with Crippen molar-refractivity contribution < 1.29 is 9.59 Å². The highest BCUT2D eigenvalue weighted by Crippen LogP contribution is 2.36. The van der Waals surface area contributed by atoms with Crippen LogP contribution >= 0.6 is 11.8 Å². The molecule has 2 N–H and O–H groups in total. The average Bonchev–Trinajstić information content (AvgIpc) is 2.48. The maximum Gasteiger partial charge on any atom is 0.251 e. The second-order valence-electron chi connectivity index (χ2n) is 6.40. The molecular weight excluding hydrogens is 296 g/mol. The summed E-state index contributed by atoms with van der Waals surface area (Å²) in [5, 5.41) is 5.92. The lowest BCUT2D eigenvalue weighted by Gasteiger charge is -2.27. The smallest absolute Gasteiger partial charge is 0.251 e. The van der Waals surface area contributed by atoms with Crippen LogP contribution in [0, 0.1) is 5.92 Å². The van der Waals surface area contributed by atoms with Crippen molar-refractivity contribution in [3.05, 3.63) is 23.8 Å². The number of nitrogens with one attached hydrogen (secondary N) is 2. The molecule has 0 spiro atoms. The van der Waals surface area contributed by atoms with Crippen LogP contribution in [0.1, 0.15) is 49.9 Å². The van der Waals surface area contributed by atoms with E-state index in [-0.39, 0.29) is 23.1 Å². The first-order valence-corrected chi connectivity index (χ1v) is 8.83. The molecule has 3 rings (SSSR count). The number of thioether (sulfide) groups is 1. The minimum atomic E-state index is -0.0871. The molecule has 1 heterocycles. The third-order valence-corrected chi connectivity index (χ3v) is 5.62. The summed E-state index contributed by atoms with van der Waals surface area (Å²) in [6, 6.07) is 5.83. The first-order valence-electron chi connectivity index (χ1n) is 7.95. The van der Waals surface area contributed by atoms with E-state index < -0.39 is 0 Å². The normalized spacial score (nSPS) is 27.7. The van der Waals surface area contributed by atoms with Crippen LogP contribution in [0.3, 0.4) is 0 Å². The molecule has 22 heavy (non-hydrogen) atoms. The quantitative estimate of drug-likeness (QED) is 0.878. The fraction of sp³-hybridized carbons (Fsp3) is 0.529. The van der Waals surface area contributed by atoms with Crippen LogP contribution in [-0.4, -0.2) is 23.1 Å². The Morgan fingerprint density at radius 1 is 1.32 bits per heavy atom. The maximum absolute atomic E-state index is 12.4. The first kappa shape index (κ1) is 15.4. The second kappa shape index (κ2) is 6.32. The van der Waals surface area contributed by atoms with Gasteiger partial charge < -0.3 is 10.6 Å². The topological polar surface area (TPSA) is 58.2 Å². The van der Waals surface area contributed by atoms with Crippen molar-refractivity contribution in [3.8, 4) is 0 Å². The lowest BCUT2D eigenvalue weighted by Crippen LogP contribution is -2.38. The van der Waals surface area contributed by atoms with Crippen LogP contribution in [0.4, 0.5) is 5.69 Å². The van der Waals surface area contributed by atoms with Crippen LogP contribution in [0.25, 0.3) is 0 Å². The minimum Gasteiger partial charge on any atom is -0.349 e. The molecule has 1 aliphatic heterocycles. The number of fused-ring (bicyclic) bond motifs is 1. The SMILES string of the molecule is CC1CCCC(NC(=O)c2ccc3c(c2)NC(=O)C(C)S3)C1. The molecule has 0 bridgehead atoms. The van der Waals surface area contributed by atoms with Crippen LogP contribution < -0.4 is 10.6 Å². The van der Waals surface area contributed by atoms with Gasteiger partial charge in [-0.25, -0.2) is 0 Å². The van der Waals surface area contributed by atoms with Gasteiger partial charge in [-0.15, -0.1) is 11.8 Å². The van der Waals surface area contributed by atoms with Gasteiger partial charge in [0.1, 0.15) is 0 Å². The van der Waals surface area contributed by atoms with Gasteiger partial charge in [-0.05, 0) is 43.9 Å². The van der Waals surface area contributed by atoms with Crippen LogP contribution in [0.15, 0.2) is 23.1 Å². The average molecular weight is 318 g/mol. The fourth-order valence-corrected chi connectivity index (χ4v) is 4.11. The summed E-state index contributed by atoms with van der Waals surface area (Å²) in [7, 11) is 0. The second-order valence-corrected chi connectivity index (χ2v) is 7.79. The Balaban J connectivity index is 1.71. The molecule has 1 aromatic carbocycles. The highest BCUT2D eigenvalue weighted by atomic mass is 32.2. The van der Waals surface area contributed by atoms with E-state index >= 15 is 0 Å². The summed E-state index contributed by atoms with van der Waals surface area (Å²) in [5.41, 5.74) is 1.37. The van der Waals surface area contributed by atoms with Crippen LogP contribution in [0.5, 0.6) is 0 Å². The summed E-state index contributed by atoms with van der Waals surface area (Å²) < 4.78 is 0. The molecule has 0 aromatic heterocycles. The summed E-state index contributed by atoms with van der Waals surface area (Å²) in [5.74, 6) is 0.635. The van der Waals surface area contributed by atoms with Gasteiger partial charge in [0, 0.05) is 16.5 Å². The van der Waals surface area contributed by atoms with Crippen molar-refractivity contribution in [3.63, 3.8) is 0 Å². The molecule has 5 heteroatoms. The Morgan fingerprint density at radius 3 is 2.91 bits per heavy atom. The van der Waals surface area contributed by atoms with Crippen molar-refractivity contribution >= 4 is 29.3 Å². The molecule has 1 fully saturated rings. The highest BCUT2D eigenvalue weighted by Gasteiger charge is 2.25. The zero-order chi connectivity index (χ0) is 15.7. The molecular formula is C17H22N2O2S. The molecule has 3 unspecified atom stereocenters. The zero-order valence-electron chi connectivity index (χ0n) is 13.0. The van der Waals surface area contributed by atoms with Gasteiger partial charge >= 0.3 is 0 Å². The number of carbonyl (C=O) groups excluding carboxylic acids is 2. The number of rotatable bonds is 2. The van der Waals surface area contributed by atoms with E-state index in [1.807, 2.05) is 19.1 Å². The van der Waals surface area contributed by atoms with E-state index in [1.165, 1.54) is 24.6 Å². The molecule has 2 aliphatic rings. The first-order chi connectivity index (χ1) is 10.5. The van der Waals surface area contributed by atoms with Gasteiger partial charge in [0.15, 0.2) is 0 Å². The van der Waals surface area contributed by atoms with E-state index in [9.17, 15) is 9.59 Å². The Labute approximate surface area is 135 Å². The predicted molar refractivity (Wildman–Crippen MR) is 89.3 cm³/mol. The van der Waals surface area contributed by atoms with Crippen molar-refractivity contribution in [1.29, 1.82) is 0 Å². The summed E-state index contributed by atoms with van der Waals surface area (Å²) >= 11 is 1.53. The molecule has 3 atom stereocenters. The standard InChI is InChI=1S/C17H22N2O2S/c1-10-4-3-5-13(8-10)18-17(21)12-6-7-15-14(9-12)19-16(20)11(2)22-15/h6-7,9-11,13H,3-5,8H2,1-2H3,(H,18,21)(H,19,20). The van der Waals surface area contributed by atoms with Crippen molar-refractivity contribution in [2.75, 3.05) is 5.32 Å². The largest absolute Gasteiger partial charge is 0.349 e.